The summed E-state index contributed by atoms with van der Waals surface area (Å²) in [4.78, 5) is 0. The summed E-state index contributed by atoms with van der Waals surface area (Å²) >= 11 is 1.52. The fraction of sp³-hybridized carbons (Fsp3) is 0.333. The molecule has 2 aromatic rings. The number of halogens is 3. The van der Waals surface area contributed by atoms with E-state index in [0.717, 1.165) is 15.6 Å². The lowest BCUT2D eigenvalue weighted by atomic mass is 10.1. The molecule has 2 rings (SSSR count). The Labute approximate surface area is 106 Å². The van der Waals surface area contributed by atoms with Crippen LogP contribution in [0.3, 0.4) is 0 Å². The van der Waals surface area contributed by atoms with Gasteiger partial charge < -0.3 is 10.5 Å². The Hall–Kier alpha value is -1.11. The molecule has 2 N–H and O–H groups in total. The Morgan fingerprint density at radius 2 is 2.00 bits per heavy atom. The van der Waals surface area contributed by atoms with Gasteiger partial charge in [0, 0.05) is 4.70 Å². The minimum atomic E-state index is -4.31. The molecular formula is C12H12F3NOS. The van der Waals surface area contributed by atoms with Crippen molar-refractivity contribution in [3.8, 4) is 0 Å². The zero-order valence-corrected chi connectivity index (χ0v) is 10.2. The number of nitrogens with two attached hydrogens (primary N) is 1. The van der Waals surface area contributed by atoms with Gasteiger partial charge in [-0.1, -0.05) is 18.2 Å². The summed E-state index contributed by atoms with van der Waals surface area (Å²) in [6, 6.07) is 7.11. The highest BCUT2D eigenvalue weighted by atomic mass is 32.1. The molecule has 0 saturated heterocycles. The third-order valence-electron chi connectivity index (χ3n) is 2.47. The van der Waals surface area contributed by atoms with Gasteiger partial charge in [0.1, 0.15) is 6.61 Å². The van der Waals surface area contributed by atoms with Gasteiger partial charge in [0.05, 0.1) is 12.6 Å². The summed E-state index contributed by atoms with van der Waals surface area (Å²) in [5.74, 6) is 0. The van der Waals surface area contributed by atoms with E-state index in [4.69, 9.17) is 5.73 Å². The number of benzene rings is 1. The van der Waals surface area contributed by atoms with Gasteiger partial charge in [-0.3, -0.25) is 0 Å². The molecule has 0 aliphatic rings. The Kier molecular flexibility index (Phi) is 3.89. The molecule has 1 aromatic carbocycles. The van der Waals surface area contributed by atoms with Gasteiger partial charge in [0.25, 0.3) is 0 Å². The summed E-state index contributed by atoms with van der Waals surface area (Å²) in [7, 11) is 0. The van der Waals surface area contributed by atoms with E-state index in [1.807, 2.05) is 29.6 Å². The van der Waals surface area contributed by atoms with Gasteiger partial charge >= 0.3 is 6.18 Å². The van der Waals surface area contributed by atoms with Gasteiger partial charge in [-0.05, 0) is 22.4 Å². The number of ether oxygens (including phenoxy) is 1. The van der Waals surface area contributed by atoms with Crippen molar-refractivity contribution in [2.24, 2.45) is 5.73 Å². The molecule has 18 heavy (non-hydrogen) atoms. The number of hydrogen-bond donors (Lipinski definition) is 1. The van der Waals surface area contributed by atoms with Crippen molar-refractivity contribution in [3.63, 3.8) is 0 Å². The van der Waals surface area contributed by atoms with Crippen LogP contribution in [0, 0.1) is 0 Å². The van der Waals surface area contributed by atoms with Crippen LogP contribution in [0.4, 0.5) is 13.2 Å². The van der Waals surface area contributed by atoms with E-state index in [0.29, 0.717) is 0 Å². The smallest absolute Gasteiger partial charge is 0.370 e. The van der Waals surface area contributed by atoms with Gasteiger partial charge in [0.15, 0.2) is 0 Å². The highest BCUT2D eigenvalue weighted by Crippen LogP contribution is 2.29. The Morgan fingerprint density at radius 1 is 1.28 bits per heavy atom. The maximum atomic E-state index is 11.9. The number of alkyl halides is 3. The number of hydrogen-bond acceptors (Lipinski definition) is 3. The van der Waals surface area contributed by atoms with E-state index in [9.17, 15) is 13.2 Å². The van der Waals surface area contributed by atoms with Crippen LogP contribution >= 0.6 is 11.3 Å². The van der Waals surface area contributed by atoms with Crippen LogP contribution in [0.15, 0.2) is 29.6 Å². The minimum absolute atomic E-state index is 0.139. The summed E-state index contributed by atoms with van der Waals surface area (Å²) in [6.45, 7) is -1.40. The van der Waals surface area contributed by atoms with Crippen molar-refractivity contribution in [2.75, 3.05) is 13.2 Å². The van der Waals surface area contributed by atoms with Crippen LogP contribution in [0.5, 0.6) is 0 Å². The molecule has 0 radical (unpaired) electrons. The van der Waals surface area contributed by atoms with E-state index in [-0.39, 0.29) is 6.61 Å². The zero-order valence-electron chi connectivity index (χ0n) is 9.41. The van der Waals surface area contributed by atoms with Crippen molar-refractivity contribution >= 4 is 21.4 Å². The quantitative estimate of drug-likeness (QED) is 0.927. The van der Waals surface area contributed by atoms with E-state index in [1.165, 1.54) is 11.3 Å². The molecule has 1 heterocycles. The van der Waals surface area contributed by atoms with Gasteiger partial charge in [-0.25, -0.2) is 0 Å². The third-order valence-corrected chi connectivity index (χ3v) is 3.46. The molecule has 6 heteroatoms. The summed E-state index contributed by atoms with van der Waals surface area (Å²) < 4.78 is 41.5. The van der Waals surface area contributed by atoms with E-state index in [1.54, 1.807) is 0 Å². The molecule has 0 bridgehead atoms. The van der Waals surface area contributed by atoms with Gasteiger partial charge in [-0.15, -0.1) is 11.3 Å². The standard InChI is InChI=1S/C12H12F3NOS/c13-12(14,15)7-17-5-10(16)9-6-18-11-4-2-1-3-8(9)11/h1-4,6,10H,5,7,16H2. The Balaban J connectivity index is 2.03. The maximum absolute atomic E-state index is 11.9. The van der Waals surface area contributed by atoms with Crippen molar-refractivity contribution in [1.29, 1.82) is 0 Å². The average molecular weight is 275 g/mol. The van der Waals surface area contributed by atoms with Crippen LogP contribution in [-0.4, -0.2) is 19.4 Å². The Bertz CT molecular complexity index is 523. The topological polar surface area (TPSA) is 35.2 Å². The predicted octanol–water partition coefficient (Wildman–Crippen LogP) is 3.48. The Morgan fingerprint density at radius 3 is 2.72 bits per heavy atom. The molecule has 1 aromatic heterocycles. The SMILES string of the molecule is NC(COCC(F)(F)F)c1csc2ccccc12. The second kappa shape index (κ2) is 5.26. The van der Waals surface area contributed by atoms with Crippen LogP contribution in [-0.2, 0) is 4.74 Å². The van der Waals surface area contributed by atoms with Gasteiger partial charge in [-0.2, -0.15) is 13.2 Å². The van der Waals surface area contributed by atoms with Crippen LogP contribution in [0.1, 0.15) is 11.6 Å². The number of rotatable bonds is 4. The number of thiophene rings is 1. The lowest BCUT2D eigenvalue weighted by Crippen LogP contribution is -2.23. The lowest BCUT2D eigenvalue weighted by molar-refractivity contribution is -0.174. The third kappa shape index (κ3) is 3.22. The highest BCUT2D eigenvalue weighted by Gasteiger charge is 2.27. The van der Waals surface area contributed by atoms with Crippen molar-refractivity contribution in [1.82, 2.24) is 0 Å². The molecule has 2 nitrogen and oxygen atoms in total. The molecule has 98 valence electrons. The predicted molar refractivity (Wildman–Crippen MR) is 65.6 cm³/mol. The first-order valence-electron chi connectivity index (χ1n) is 5.33. The molecule has 0 fully saturated rings. The summed E-state index contributed by atoms with van der Waals surface area (Å²) in [6.07, 6.45) is -4.31. The van der Waals surface area contributed by atoms with Crippen molar-refractivity contribution in [3.05, 3.63) is 35.2 Å². The van der Waals surface area contributed by atoms with E-state index < -0.39 is 18.8 Å². The fourth-order valence-electron chi connectivity index (χ4n) is 1.68. The largest absolute Gasteiger partial charge is 0.411 e. The molecule has 0 aliphatic heterocycles. The first-order valence-corrected chi connectivity index (χ1v) is 6.21. The van der Waals surface area contributed by atoms with Crippen molar-refractivity contribution in [2.45, 2.75) is 12.2 Å². The number of fused-ring (bicyclic) bond motifs is 1. The molecule has 1 unspecified atom stereocenters. The molecule has 0 amide bonds. The zero-order chi connectivity index (χ0) is 13.2. The second-order valence-electron chi connectivity index (χ2n) is 3.92. The molecule has 0 aliphatic carbocycles. The van der Waals surface area contributed by atoms with Crippen LogP contribution in [0.25, 0.3) is 10.1 Å². The monoisotopic (exact) mass is 275 g/mol. The van der Waals surface area contributed by atoms with Gasteiger partial charge in [0.2, 0.25) is 0 Å². The lowest BCUT2D eigenvalue weighted by Gasteiger charge is -2.13. The minimum Gasteiger partial charge on any atom is -0.370 e. The van der Waals surface area contributed by atoms with Crippen molar-refractivity contribution < 1.29 is 17.9 Å². The molecule has 0 saturated carbocycles. The molecule has 0 spiro atoms. The normalized spacial score (nSPS) is 14.0. The molecule has 1 atom stereocenters. The van der Waals surface area contributed by atoms with Crippen LogP contribution < -0.4 is 5.73 Å². The highest BCUT2D eigenvalue weighted by molar-refractivity contribution is 7.17. The first kappa shape index (κ1) is 13.3. The molecular weight excluding hydrogens is 263 g/mol. The first-order chi connectivity index (χ1) is 8.47. The fourth-order valence-corrected chi connectivity index (χ4v) is 2.70. The summed E-state index contributed by atoms with van der Waals surface area (Å²) in [5.41, 5.74) is 6.68. The van der Waals surface area contributed by atoms with E-state index in [2.05, 4.69) is 4.74 Å². The van der Waals surface area contributed by atoms with Crippen LogP contribution in [0.2, 0.25) is 0 Å². The average Bonchev–Trinajstić information content (AvgIpc) is 2.70. The second-order valence-corrected chi connectivity index (χ2v) is 4.84. The maximum Gasteiger partial charge on any atom is 0.411 e. The van der Waals surface area contributed by atoms with E-state index >= 15 is 0 Å². The summed E-state index contributed by atoms with van der Waals surface area (Å²) in [5, 5.41) is 2.84.